The summed E-state index contributed by atoms with van der Waals surface area (Å²) in [7, 11) is 0. The fraction of sp³-hybridized carbons (Fsp3) is 0.238. The molecule has 0 aliphatic heterocycles. The van der Waals surface area contributed by atoms with Crippen molar-refractivity contribution in [3.8, 4) is 17.2 Å². The second-order valence-corrected chi connectivity index (χ2v) is 8.27. The van der Waals surface area contributed by atoms with E-state index in [9.17, 15) is 0 Å². The van der Waals surface area contributed by atoms with Crippen LogP contribution in [0.3, 0.4) is 0 Å². The van der Waals surface area contributed by atoms with Crippen LogP contribution in [0.1, 0.15) is 29.3 Å². The third-order valence-corrected chi connectivity index (χ3v) is 5.90. The summed E-state index contributed by atoms with van der Waals surface area (Å²) < 4.78 is 6.78. The van der Waals surface area contributed by atoms with Crippen LogP contribution in [-0.4, -0.2) is 20.7 Å². The minimum absolute atomic E-state index is 0.303. The molecule has 2 heterocycles. The second kappa shape index (κ2) is 6.43. The maximum atomic E-state index is 9.15. The molecule has 1 fully saturated rings. The molecule has 1 aliphatic rings. The van der Waals surface area contributed by atoms with E-state index in [0.29, 0.717) is 18.3 Å². The molecule has 7 heteroatoms. The zero-order valence-corrected chi connectivity index (χ0v) is 16.1. The fourth-order valence-corrected chi connectivity index (χ4v) is 4.09. The van der Waals surface area contributed by atoms with Gasteiger partial charge in [-0.1, -0.05) is 41.0 Å². The second-order valence-electron chi connectivity index (χ2n) is 7.16. The molecule has 5 rings (SSSR count). The minimum atomic E-state index is -0.522. The van der Waals surface area contributed by atoms with Crippen LogP contribution in [0.2, 0.25) is 0 Å². The Hall–Kier alpha value is -3.24. The van der Waals surface area contributed by atoms with Crippen LogP contribution in [0.5, 0.6) is 0 Å². The molecule has 1 N–H and O–H groups in total. The smallest absolute Gasteiger partial charge is 0.316 e. The van der Waals surface area contributed by atoms with Gasteiger partial charge in [0.05, 0.1) is 22.7 Å². The lowest BCUT2D eigenvalue weighted by Crippen LogP contribution is -2.18. The summed E-state index contributed by atoms with van der Waals surface area (Å²) in [6.07, 6.45) is 2.10. The number of hydrogen-bond donors (Lipinski definition) is 1. The monoisotopic (exact) mass is 387 g/mol. The number of benzene rings is 2. The number of nitrogens with zero attached hydrogens (tertiary/aromatic N) is 4. The maximum Gasteiger partial charge on any atom is 0.316 e. The molecule has 6 nitrogen and oxygen atoms in total. The van der Waals surface area contributed by atoms with E-state index in [-0.39, 0.29) is 0 Å². The fourth-order valence-electron chi connectivity index (χ4n) is 3.15. The Balaban J connectivity index is 1.37. The molecule has 0 bridgehead atoms. The molecule has 0 saturated heterocycles. The zero-order chi connectivity index (χ0) is 19.1. The van der Waals surface area contributed by atoms with Crippen molar-refractivity contribution in [1.29, 1.82) is 5.26 Å². The van der Waals surface area contributed by atoms with Crippen LogP contribution in [0, 0.1) is 18.3 Å². The first kappa shape index (κ1) is 16.9. The van der Waals surface area contributed by atoms with Crippen molar-refractivity contribution in [3.63, 3.8) is 0 Å². The van der Waals surface area contributed by atoms with Gasteiger partial charge in [-0.15, -0.1) is 16.4 Å². The van der Waals surface area contributed by atoms with Crippen LogP contribution in [-0.2, 0) is 6.42 Å². The minimum Gasteiger partial charge on any atom is -0.408 e. The van der Waals surface area contributed by atoms with E-state index in [1.54, 1.807) is 11.3 Å². The number of aryl methyl sites for hydroxylation is 1. The molecule has 1 saturated carbocycles. The Morgan fingerprint density at radius 2 is 2.04 bits per heavy atom. The van der Waals surface area contributed by atoms with E-state index >= 15 is 0 Å². The van der Waals surface area contributed by atoms with E-state index in [2.05, 4.69) is 71.0 Å². The molecule has 2 aromatic heterocycles. The van der Waals surface area contributed by atoms with Gasteiger partial charge in [-0.3, -0.25) is 0 Å². The average Bonchev–Trinajstić information content (AvgIpc) is 3.14. The topological polar surface area (TPSA) is 87.6 Å². The normalized spacial score (nSPS) is 14.7. The van der Waals surface area contributed by atoms with Crippen LogP contribution in [0.15, 0.2) is 46.9 Å². The first-order chi connectivity index (χ1) is 13.6. The molecule has 1 aliphatic carbocycles. The Bertz CT molecular complexity index is 1210. The van der Waals surface area contributed by atoms with Gasteiger partial charge < -0.3 is 9.73 Å². The van der Waals surface area contributed by atoms with Gasteiger partial charge in [0.15, 0.2) is 0 Å². The van der Waals surface area contributed by atoms with Crippen molar-refractivity contribution >= 4 is 27.6 Å². The van der Waals surface area contributed by atoms with Crippen molar-refractivity contribution in [2.45, 2.75) is 31.7 Å². The third-order valence-electron chi connectivity index (χ3n) is 4.86. The van der Waals surface area contributed by atoms with Crippen LogP contribution >= 0.6 is 11.3 Å². The highest BCUT2D eigenvalue weighted by atomic mass is 32.1. The molecular formula is C21H17N5OS. The van der Waals surface area contributed by atoms with Gasteiger partial charge in [-0.2, -0.15) is 5.26 Å². The molecule has 0 unspecified atom stereocenters. The Kier molecular flexibility index (Phi) is 3.88. The van der Waals surface area contributed by atoms with Gasteiger partial charge >= 0.3 is 6.01 Å². The number of thiazole rings is 1. The molecule has 0 spiro atoms. The summed E-state index contributed by atoms with van der Waals surface area (Å²) >= 11 is 1.63. The van der Waals surface area contributed by atoms with Gasteiger partial charge in [-0.05, 0) is 43.0 Å². The van der Waals surface area contributed by atoms with Crippen molar-refractivity contribution in [2.24, 2.45) is 0 Å². The van der Waals surface area contributed by atoms with E-state index in [1.165, 1.54) is 11.1 Å². The van der Waals surface area contributed by atoms with E-state index in [1.807, 2.05) is 0 Å². The molecular weight excluding hydrogens is 370 g/mol. The highest BCUT2D eigenvalue weighted by Gasteiger charge is 2.44. The SMILES string of the molecule is Cc1cccc(-c2ccc3sc(Cc4nnc(NC5(C#N)CC5)o4)nc3c2)c1. The van der Waals surface area contributed by atoms with Crippen molar-refractivity contribution < 1.29 is 4.42 Å². The Morgan fingerprint density at radius 1 is 1.18 bits per heavy atom. The summed E-state index contributed by atoms with van der Waals surface area (Å²) in [5, 5.41) is 21.2. The molecule has 138 valence electrons. The Labute approximate surface area is 165 Å². The zero-order valence-electron chi connectivity index (χ0n) is 15.3. The van der Waals surface area contributed by atoms with Crippen molar-refractivity contribution in [3.05, 3.63) is 58.9 Å². The third kappa shape index (κ3) is 3.23. The van der Waals surface area contributed by atoms with Gasteiger partial charge in [0.25, 0.3) is 0 Å². The summed E-state index contributed by atoms with van der Waals surface area (Å²) in [6, 6.07) is 17.4. The lowest BCUT2D eigenvalue weighted by atomic mass is 10.0. The van der Waals surface area contributed by atoms with Crippen molar-refractivity contribution in [2.75, 3.05) is 5.32 Å². The van der Waals surface area contributed by atoms with Gasteiger partial charge in [0, 0.05) is 0 Å². The molecule has 4 aromatic rings. The number of hydrogen-bond acceptors (Lipinski definition) is 7. The number of fused-ring (bicyclic) bond motifs is 1. The van der Waals surface area contributed by atoms with Crippen LogP contribution < -0.4 is 5.32 Å². The Morgan fingerprint density at radius 3 is 2.82 bits per heavy atom. The highest BCUT2D eigenvalue weighted by molar-refractivity contribution is 7.18. The van der Waals surface area contributed by atoms with Crippen molar-refractivity contribution in [1.82, 2.24) is 15.2 Å². The largest absolute Gasteiger partial charge is 0.408 e. The molecule has 0 amide bonds. The quantitative estimate of drug-likeness (QED) is 0.533. The summed E-state index contributed by atoms with van der Waals surface area (Å²) in [5.74, 6) is 0.495. The lowest BCUT2D eigenvalue weighted by Gasteiger charge is -2.03. The van der Waals surface area contributed by atoms with Gasteiger partial charge in [0.1, 0.15) is 10.5 Å². The van der Waals surface area contributed by atoms with E-state index < -0.39 is 5.54 Å². The number of rotatable bonds is 5. The molecule has 2 aromatic carbocycles. The first-order valence-electron chi connectivity index (χ1n) is 9.11. The number of anilines is 1. The summed E-state index contributed by atoms with van der Waals surface area (Å²) in [4.78, 5) is 4.75. The van der Waals surface area contributed by atoms with Gasteiger partial charge in [-0.25, -0.2) is 4.98 Å². The van der Waals surface area contributed by atoms with E-state index in [0.717, 1.165) is 33.6 Å². The van der Waals surface area contributed by atoms with Crippen LogP contribution in [0.25, 0.3) is 21.3 Å². The number of aromatic nitrogens is 3. The average molecular weight is 387 g/mol. The van der Waals surface area contributed by atoms with E-state index in [4.69, 9.17) is 14.7 Å². The highest BCUT2D eigenvalue weighted by Crippen LogP contribution is 2.37. The molecule has 0 radical (unpaired) electrons. The van der Waals surface area contributed by atoms with Gasteiger partial charge in [0.2, 0.25) is 5.89 Å². The van der Waals surface area contributed by atoms with Crippen LogP contribution in [0.4, 0.5) is 6.01 Å². The lowest BCUT2D eigenvalue weighted by molar-refractivity contribution is 0.513. The molecule has 0 atom stereocenters. The molecule has 28 heavy (non-hydrogen) atoms. The summed E-state index contributed by atoms with van der Waals surface area (Å²) in [6.45, 7) is 2.10. The summed E-state index contributed by atoms with van der Waals surface area (Å²) in [5.41, 5.74) is 4.03. The number of nitriles is 1. The number of nitrogens with one attached hydrogen (secondary N) is 1. The maximum absolute atomic E-state index is 9.15. The predicted octanol–water partition coefficient (Wildman–Crippen LogP) is 4.71. The standard InChI is InChI=1S/C21H17N5OS/c1-13-3-2-4-14(9-13)15-5-6-17-16(10-15)23-19(28-17)11-18-25-26-20(27-18)24-21(12-22)7-8-21/h2-6,9-10H,7-8,11H2,1H3,(H,24,26). The first-order valence-corrected chi connectivity index (χ1v) is 9.92. The predicted molar refractivity (Wildman–Crippen MR) is 108 cm³/mol.